The maximum Gasteiger partial charge on any atom is -0.00704 e. The minimum atomic E-state index is 0.785. The summed E-state index contributed by atoms with van der Waals surface area (Å²) in [5.41, 5.74) is 4.70. The number of hydrogen-bond donors (Lipinski definition) is 0. The molecule has 0 radical (unpaired) electrons. The molecule has 19 heavy (non-hydrogen) atoms. The first-order chi connectivity index (χ1) is 9.42. The summed E-state index contributed by atoms with van der Waals surface area (Å²) in [4.78, 5) is 0. The van der Waals surface area contributed by atoms with E-state index in [4.69, 9.17) is 0 Å². The molecule has 0 bridgehead atoms. The highest BCUT2D eigenvalue weighted by Gasteiger charge is 2.25. The van der Waals surface area contributed by atoms with E-state index in [0.717, 1.165) is 5.92 Å². The Bertz CT molecular complexity index is 865. The number of fused-ring (bicyclic) bond motifs is 2. The molecule has 0 saturated carbocycles. The molecule has 1 unspecified atom stereocenters. The lowest BCUT2D eigenvalue weighted by atomic mass is 9.75. The van der Waals surface area contributed by atoms with E-state index >= 15 is 0 Å². The second-order valence-electron chi connectivity index (χ2n) is 6.08. The molecule has 0 aromatic heterocycles. The number of rotatable bonds is 0. The zero-order valence-corrected chi connectivity index (χ0v) is 10.9. The largest absolute Gasteiger partial charge is 0.0760 e. The van der Waals surface area contributed by atoms with Gasteiger partial charge in [-0.1, -0.05) is 36.4 Å². The highest BCUT2D eigenvalue weighted by atomic mass is 14.3. The summed E-state index contributed by atoms with van der Waals surface area (Å²) in [6, 6.07) is 7.15. The number of hydrogen-bond acceptors (Lipinski definition) is 0. The Morgan fingerprint density at radius 3 is 3.16 bits per heavy atom. The molecule has 0 aliphatic heterocycles. The predicted octanol–water partition coefficient (Wildman–Crippen LogP) is 3.25. The molecule has 0 heteroatoms. The fourth-order valence-electron chi connectivity index (χ4n) is 4.28. The van der Waals surface area contributed by atoms with E-state index in [-0.39, 0.29) is 0 Å². The van der Waals surface area contributed by atoms with Gasteiger partial charge in [-0.05, 0) is 75.6 Å². The summed E-state index contributed by atoms with van der Waals surface area (Å²) in [6.45, 7) is 0. The van der Waals surface area contributed by atoms with Crippen molar-refractivity contribution in [3.8, 4) is 0 Å². The Morgan fingerprint density at radius 2 is 2.16 bits per heavy atom. The van der Waals surface area contributed by atoms with E-state index < -0.39 is 0 Å². The van der Waals surface area contributed by atoms with Gasteiger partial charge in [0, 0.05) is 0 Å². The molecule has 5 rings (SSSR count). The number of allylic oxidation sites excluding steroid dienone is 1. The van der Waals surface area contributed by atoms with E-state index in [9.17, 15) is 0 Å². The first kappa shape index (κ1) is 10.0. The van der Waals surface area contributed by atoms with Gasteiger partial charge in [0.05, 0.1) is 0 Å². The minimum Gasteiger partial charge on any atom is -0.0760 e. The minimum absolute atomic E-state index is 0.785. The maximum atomic E-state index is 2.47. The molecule has 0 heterocycles. The zero-order valence-electron chi connectivity index (χ0n) is 10.9. The van der Waals surface area contributed by atoms with Gasteiger partial charge in [-0.2, -0.15) is 0 Å². The second-order valence-corrected chi connectivity index (χ2v) is 6.08. The van der Waals surface area contributed by atoms with Gasteiger partial charge in [0.25, 0.3) is 0 Å². The molecule has 2 aromatic carbocycles. The van der Waals surface area contributed by atoms with Gasteiger partial charge in [0.15, 0.2) is 0 Å². The third kappa shape index (κ3) is 1.19. The molecule has 92 valence electrons. The molecule has 2 aromatic rings. The summed E-state index contributed by atoms with van der Waals surface area (Å²) >= 11 is 0. The van der Waals surface area contributed by atoms with Crippen LogP contribution in [-0.2, 0) is 6.42 Å². The van der Waals surface area contributed by atoms with Crippen LogP contribution < -0.4 is 10.4 Å². The van der Waals surface area contributed by atoms with Crippen LogP contribution >= 0.6 is 0 Å². The Kier molecular flexibility index (Phi) is 1.79. The molecule has 3 aliphatic carbocycles. The van der Waals surface area contributed by atoms with E-state index in [0.29, 0.717) is 0 Å². The van der Waals surface area contributed by atoms with Gasteiger partial charge in [0.2, 0.25) is 0 Å². The third-order valence-corrected chi connectivity index (χ3v) is 5.10. The lowest BCUT2D eigenvalue weighted by Gasteiger charge is -2.29. The van der Waals surface area contributed by atoms with Crippen molar-refractivity contribution in [3.63, 3.8) is 0 Å². The van der Waals surface area contributed by atoms with E-state index in [1.54, 1.807) is 16.5 Å². The maximum absolute atomic E-state index is 2.47. The summed E-state index contributed by atoms with van der Waals surface area (Å²) in [5, 5.41) is 5.94. The lowest BCUT2D eigenvalue weighted by Crippen LogP contribution is -2.23. The van der Waals surface area contributed by atoms with Crippen molar-refractivity contribution in [2.45, 2.75) is 31.6 Å². The Morgan fingerprint density at radius 1 is 1.16 bits per heavy atom. The SMILES string of the molecule is C1=Cc2cc3c4c5c(ccc4c2=C1)CCCC5CC=3. The molecule has 0 nitrogen and oxygen atoms in total. The van der Waals surface area contributed by atoms with Gasteiger partial charge in [-0.3, -0.25) is 0 Å². The summed E-state index contributed by atoms with van der Waals surface area (Å²) < 4.78 is 0. The Labute approximate surface area is 112 Å². The standard InChI is InChI=1S/C19H16/c1-3-12-7-8-15-11-14-5-2-6-16(14)17-10-9-13(4-1)18(12)19(15)17/h2,5-6,8-12H,1,3-4,7H2. The van der Waals surface area contributed by atoms with Crippen LogP contribution in [0.2, 0.25) is 0 Å². The average molecular weight is 244 g/mol. The van der Waals surface area contributed by atoms with Gasteiger partial charge < -0.3 is 0 Å². The van der Waals surface area contributed by atoms with Gasteiger partial charge in [-0.25, -0.2) is 0 Å². The Hall–Kier alpha value is -1.82. The Balaban J connectivity index is 2.07. The van der Waals surface area contributed by atoms with Crippen LogP contribution in [0.3, 0.4) is 0 Å². The van der Waals surface area contributed by atoms with Crippen LogP contribution in [0.15, 0.2) is 24.3 Å². The fraction of sp³-hybridized carbons (Fsp3) is 0.263. The molecule has 0 N–H and O–H groups in total. The van der Waals surface area contributed by atoms with Crippen molar-refractivity contribution in [1.82, 2.24) is 0 Å². The third-order valence-electron chi connectivity index (χ3n) is 5.10. The second kappa shape index (κ2) is 3.39. The van der Waals surface area contributed by atoms with Crippen molar-refractivity contribution in [2.24, 2.45) is 0 Å². The molecular formula is C19H16. The quantitative estimate of drug-likeness (QED) is 0.667. The van der Waals surface area contributed by atoms with E-state index in [1.165, 1.54) is 47.1 Å². The van der Waals surface area contributed by atoms with E-state index in [2.05, 4.69) is 42.5 Å². The molecular weight excluding hydrogens is 228 g/mol. The molecule has 1 atom stereocenters. The van der Waals surface area contributed by atoms with Crippen LogP contribution in [0.4, 0.5) is 0 Å². The molecule has 0 fully saturated rings. The molecule has 3 aliphatic rings. The van der Waals surface area contributed by atoms with Crippen LogP contribution in [0.5, 0.6) is 0 Å². The van der Waals surface area contributed by atoms with Crippen molar-refractivity contribution < 1.29 is 0 Å². The smallest absolute Gasteiger partial charge is 0.00704 e. The van der Waals surface area contributed by atoms with Crippen molar-refractivity contribution in [1.29, 1.82) is 0 Å². The van der Waals surface area contributed by atoms with Crippen LogP contribution in [0.1, 0.15) is 41.9 Å². The normalized spacial score (nSPS) is 22.0. The summed E-state index contributed by atoms with van der Waals surface area (Å²) in [7, 11) is 0. The zero-order chi connectivity index (χ0) is 12.4. The molecule has 0 amide bonds. The first-order valence-corrected chi connectivity index (χ1v) is 7.39. The predicted molar refractivity (Wildman–Crippen MR) is 81.5 cm³/mol. The monoisotopic (exact) mass is 244 g/mol. The van der Waals surface area contributed by atoms with Gasteiger partial charge in [0.1, 0.15) is 0 Å². The number of aryl methyl sites for hydroxylation is 1. The fourth-order valence-corrected chi connectivity index (χ4v) is 4.28. The van der Waals surface area contributed by atoms with Crippen molar-refractivity contribution in [2.75, 3.05) is 0 Å². The van der Waals surface area contributed by atoms with Crippen molar-refractivity contribution in [3.05, 3.63) is 51.4 Å². The van der Waals surface area contributed by atoms with Crippen molar-refractivity contribution >= 4 is 29.0 Å². The summed E-state index contributed by atoms with van der Waals surface area (Å²) in [5.74, 6) is 0.785. The van der Waals surface area contributed by atoms with Crippen LogP contribution in [-0.4, -0.2) is 0 Å². The topological polar surface area (TPSA) is 0 Å². The lowest BCUT2D eigenvalue weighted by molar-refractivity contribution is 0.567. The van der Waals surface area contributed by atoms with E-state index in [1.807, 2.05) is 0 Å². The highest BCUT2D eigenvalue weighted by Crippen LogP contribution is 2.39. The van der Waals surface area contributed by atoms with Crippen LogP contribution in [0, 0.1) is 0 Å². The highest BCUT2D eigenvalue weighted by molar-refractivity contribution is 5.94. The van der Waals surface area contributed by atoms with Crippen LogP contribution in [0.25, 0.3) is 29.0 Å². The average Bonchev–Trinajstić information content (AvgIpc) is 2.92. The first-order valence-electron chi connectivity index (χ1n) is 7.39. The number of benzene rings is 2. The molecule has 0 spiro atoms. The molecule has 0 saturated heterocycles. The van der Waals surface area contributed by atoms with Gasteiger partial charge in [-0.15, -0.1) is 0 Å². The summed E-state index contributed by atoms with van der Waals surface area (Å²) in [6.07, 6.45) is 14.4. The van der Waals surface area contributed by atoms with Gasteiger partial charge >= 0.3 is 0 Å².